The Balaban J connectivity index is 1.93. The Labute approximate surface area is 242 Å². The lowest BCUT2D eigenvalue weighted by molar-refractivity contribution is -0.143. The highest BCUT2D eigenvalue weighted by atomic mass is 79.9. The first kappa shape index (κ1) is 30.4. The minimum absolute atomic E-state index is 0.000256. The van der Waals surface area contributed by atoms with Crippen LogP contribution in [0.15, 0.2) is 77.3 Å². The van der Waals surface area contributed by atoms with E-state index in [2.05, 4.69) is 42.0 Å². The topological polar surface area (TPSA) is 58.6 Å². The predicted molar refractivity (Wildman–Crippen MR) is 162 cm³/mol. The van der Waals surface area contributed by atoms with Crippen molar-refractivity contribution in [3.63, 3.8) is 0 Å². The van der Waals surface area contributed by atoms with E-state index < -0.39 is 6.04 Å². The second-order valence-corrected chi connectivity index (χ2v) is 12.0. The molecule has 0 heterocycles. The van der Waals surface area contributed by atoms with Crippen LogP contribution < -0.4 is 10.1 Å². The Morgan fingerprint density at radius 3 is 2.28 bits per heavy atom. The van der Waals surface area contributed by atoms with Crippen LogP contribution in [0.1, 0.15) is 63.3 Å². The van der Waals surface area contributed by atoms with Gasteiger partial charge in [0.2, 0.25) is 5.91 Å². The standard InChI is InChI=1S/C33H41BrN2O3/c1-7-24(3)35-32(38)29(19-25-14-9-8-10-15-25)36(21-26-16-12-11-13-23(26)2)31(37)22-39-30-18-17-27(20-28(30)34)33(4,5)6/h8-18,20,24,29H,7,19,21-22H2,1-6H3,(H,35,38)/t24-,29-/m1/s1. The van der Waals surface area contributed by atoms with Gasteiger partial charge in [-0.2, -0.15) is 0 Å². The molecule has 3 aromatic rings. The van der Waals surface area contributed by atoms with Crippen LogP contribution in [0.25, 0.3) is 0 Å². The van der Waals surface area contributed by atoms with Gasteiger partial charge in [-0.05, 0) is 76.0 Å². The summed E-state index contributed by atoms with van der Waals surface area (Å²) < 4.78 is 6.82. The molecule has 0 aliphatic heterocycles. The quantitative estimate of drug-likeness (QED) is 0.261. The summed E-state index contributed by atoms with van der Waals surface area (Å²) >= 11 is 3.61. The van der Waals surface area contributed by atoms with Crippen molar-refractivity contribution < 1.29 is 14.3 Å². The van der Waals surface area contributed by atoms with E-state index in [0.717, 1.165) is 27.6 Å². The molecule has 0 fully saturated rings. The van der Waals surface area contributed by atoms with E-state index in [1.165, 1.54) is 5.56 Å². The van der Waals surface area contributed by atoms with Crippen LogP contribution in [0.3, 0.4) is 0 Å². The number of aryl methyl sites for hydroxylation is 1. The maximum atomic E-state index is 13.9. The number of halogens is 1. The zero-order valence-electron chi connectivity index (χ0n) is 24.0. The van der Waals surface area contributed by atoms with Gasteiger partial charge in [0.25, 0.3) is 5.91 Å². The monoisotopic (exact) mass is 592 g/mol. The van der Waals surface area contributed by atoms with Crippen molar-refractivity contribution in [1.29, 1.82) is 0 Å². The summed E-state index contributed by atoms with van der Waals surface area (Å²) in [7, 11) is 0. The molecule has 0 radical (unpaired) electrons. The molecule has 0 bridgehead atoms. The second kappa shape index (κ2) is 13.8. The smallest absolute Gasteiger partial charge is 0.261 e. The molecule has 0 saturated carbocycles. The number of amides is 2. The van der Waals surface area contributed by atoms with Crippen LogP contribution in [0.4, 0.5) is 0 Å². The molecule has 3 aromatic carbocycles. The number of carbonyl (C=O) groups is 2. The highest BCUT2D eigenvalue weighted by Crippen LogP contribution is 2.31. The minimum atomic E-state index is -0.691. The second-order valence-electron chi connectivity index (χ2n) is 11.2. The molecule has 2 atom stereocenters. The fraction of sp³-hybridized carbons (Fsp3) is 0.394. The van der Waals surface area contributed by atoms with Crippen LogP contribution >= 0.6 is 15.9 Å². The first-order valence-corrected chi connectivity index (χ1v) is 14.4. The fourth-order valence-corrected chi connectivity index (χ4v) is 4.77. The lowest BCUT2D eigenvalue weighted by Gasteiger charge is -2.32. The van der Waals surface area contributed by atoms with Crippen molar-refractivity contribution >= 4 is 27.7 Å². The van der Waals surface area contributed by atoms with E-state index in [1.54, 1.807) is 4.90 Å². The Kier molecular flexibility index (Phi) is 10.8. The maximum Gasteiger partial charge on any atom is 0.261 e. The van der Waals surface area contributed by atoms with Gasteiger partial charge < -0.3 is 15.0 Å². The minimum Gasteiger partial charge on any atom is -0.483 e. The first-order chi connectivity index (χ1) is 18.5. The lowest BCUT2D eigenvalue weighted by atomic mass is 9.87. The Morgan fingerprint density at radius 1 is 1.00 bits per heavy atom. The Bertz CT molecular complexity index is 1250. The van der Waals surface area contributed by atoms with E-state index in [1.807, 2.05) is 93.6 Å². The van der Waals surface area contributed by atoms with Crippen LogP contribution in [0, 0.1) is 6.92 Å². The highest BCUT2D eigenvalue weighted by Gasteiger charge is 2.31. The molecule has 1 N–H and O–H groups in total. The number of hydrogen-bond acceptors (Lipinski definition) is 3. The van der Waals surface area contributed by atoms with Gasteiger partial charge in [-0.25, -0.2) is 0 Å². The number of ether oxygens (including phenoxy) is 1. The average Bonchev–Trinajstić information content (AvgIpc) is 2.90. The molecule has 0 aliphatic carbocycles. The summed E-state index contributed by atoms with van der Waals surface area (Å²) in [6.45, 7) is 12.6. The van der Waals surface area contributed by atoms with Gasteiger partial charge in [-0.3, -0.25) is 9.59 Å². The molecule has 39 heavy (non-hydrogen) atoms. The summed E-state index contributed by atoms with van der Waals surface area (Å²) in [6.07, 6.45) is 1.21. The van der Waals surface area contributed by atoms with Crippen LogP contribution in [-0.2, 0) is 28.0 Å². The maximum absolute atomic E-state index is 13.9. The molecule has 2 amide bonds. The first-order valence-electron chi connectivity index (χ1n) is 13.6. The van der Waals surface area contributed by atoms with Crippen molar-refractivity contribution in [2.45, 2.75) is 78.4 Å². The van der Waals surface area contributed by atoms with E-state index in [9.17, 15) is 9.59 Å². The molecule has 0 spiro atoms. The van der Waals surface area contributed by atoms with Gasteiger partial charge in [0.05, 0.1) is 4.47 Å². The number of hydrogen-bond donors (Lipinski definition) is 1. The number of nitrogens with zero attached hydrogens (tertiary/aromatic N) is 1. The van der Waals surface area contributed by atoms with Gasteiger partial charge in [0.1, 0.15) is 11.8 Å². The third-order valence-corrected chi connectivity index (χ3v) is 7.64. The summed E-state index contributed by atoms with van der Waals surface area (Å²) in [6, 6.07) is 23.0. The summed E-state index contributed by atoms with van der Waals surface area (Å²) in [5, 5.41) is 3.11. The summed E-state index contributed by atoms with van der Waals surface area (Å²) in [5.74, 6) is 0.187. The van der Waals surface area contributed by atoms with Crippen LogP contribution in [0.2, 0.25) is 0 Å². The Morgan fingerprint density at radius 2 is 1.67 bits per heavy atom. The number of nitrogens with one attached hydrogen (secondary N) is 1. The SMILES string of the molecule is CC[C@@H](C)NC(=O)[C@@H](Cc1ccccc1)N(Cc1ccccc1C)C(=O)COc1ccc(C(C)(C)C)cc1Br. The van der Waals surface area contributed by atoms with Gasteiger partial charge in [-0.1, -0.05) is 88.4 Å². The molecular weight excluding hydrogens is 552 g/mol. The molecule has 0 saturated heterocycles. The van der Waals surface area contributed by atoms with E-state index in [0.29, 0.717) is 18.7 Å². The molecule has 6 heteroatoms. The normalized spacial score (nSPS) is 12.9. The molecule has 0 aromatic heterocycles. The zero-order chi connectivity index (χ0) is 28.6. The van der Waals surface area contributed by atoms with Gasteiger partial charge in [0.15, 0.2) is 6.61 Å². The molecule has 0 unspecified atom stereocenters. The van der Waals surface area contributed by atoms with Gasteiger partial charge >= 0.3 is 0 Å². The summed E-state index contributed by atoms with van der Waals surface area (Å²) in [5.41, 5.74) is 4.22. The van der Waals surface area contributed by atoms with Crippen LogP contribution in [0.5, 0.6) is 5.75 Å². The van der Waals surface area contributed by atoms with Gasteiger partial charge in [-0.15, -0.1) is 0 Å². The van der Waals surface area contributed by atoms with Crippen molar-refractivity contribution in [3.8, 4) is 5.75 Å². The van der Waals surface area contributed by atoms with Crippen LogP contribution in [-0.4, -0.2) is 35.4 Å². The van der Waals surface area contributed by atoms with Crippen molar-refractivity contribution in [3.05, 3.63) is 99.5 Å². The number of benzene rings is 3. The average molecular weight is 594 g/mol. The predicted octanol–water partition coefficient (Wildman–Crippen LogP) is 6.99. The number of rotatable bonds is 11. The lowest BCUT2D eigenvalue weighted by Crippen LogP contribution is -2.53. The third-order valence-electron chi connectivity index (χ3n) is 7.02. The van der Waals surface area contributed by atoms with Crippen molar-refractivity contribution in [2.24, 2.45) is 0 Å². The Hall–Kier alpha value is -3.12. The van der Waals surface area contributed by atoms with E-state index in [4.69, 9.17) is 4.74 Å². The van der Waals surface area contributed by atoms with Gasteiger partial charge in [0, 0.05) is 19.0 Å². The zero-order valence-corrected chi connectivity index (χ0v) is 25.5. The molecule has 5 nitrogen and oxygen atoms in total. The molecular formula is C33H41BrN2O3. The fourth-order valence-electron chi connectivity index (χ4n) is 4.27. The largest absolute Gasteiger partial charge is 0.483 e. The molecule has 0 aliphatic rings. The van der Waals surface area contributed by atoms with E-state index in [-0.39, 0.29) is 29.9 Å². The third kappa shape index (κ3) is 8.69. The molecule has 208 valence electrons. The summed E-state index contributed by atoms with van der Waals surface area (Å²) in [4.78, 5) is 29.2. The van der Waals surface area contributed by atoms with Crippen molar-refractivity contribution in [1.82, 2.24) is 10.2 Å². The van der Waals surface area contributed by atoms with E-state index >= 15 is 0 Å². The number of carbonyl (C=O) groups excluding carboxylic acids is 2. The molecule has 3 rings (SSSR count). The highest BCUT2D eigenvalue weighted by molar-refractivity contribution is 9.10. The van der Waals surface area contributed by atoms with Crippen molar-refractivity contribution in [2.75, 3.05) is 6.61 Å².